The summed E-state index contributed by atoms with van der Waals surface area (Å²) >= 11 is 5.90. The summed E-state index contributed by atoms with van der Waals surface area (Å²) in [6, 6.07) is 11.0. The Bertz CT molecular complexity index is 907. The van der Waals surface area contributed by atoms with E-state index in [0.29, 0.717) is 28.4 Å². The van der Waals surface area contributed by atoms with Crippen molar-refractivity contribution in [2.45, 2.75) is 0 Å². The van der Waals surface area contributed by atoms with Crippen LogP contribution in [0.25, 0.3) is 22.0 Å². The molecular formula is C17H14ClFN2O2. The molecular weight excluding hydrogens is 319 g/mol. The van der Waals surface area contributed by atoms with E-state index >= 15 is 0 Å². The highest BCUT2D eigenvalue weighted by Crippen LogP contribution is 2.34. The lowest BCUT2D eigenvalue weighted by Gasteiger charge is -2.14. The average molecular weight is 333 g/mol. The van der Waals surface area contributed by atoms with Gasteiger partial charge in [-0.1, -0.05) is 23.7 Å². The molecule has 1 heterocycles. The number of nitrogens with one attached hydrogen (secondary N) is 1. The van der Waals surface area contributed by atoms with E-state index < -0.39 is 5.82 Å². The summed E-state index contributed by atoms with van der Waals surface area (Å²) in [4.78, 5) is 15.0. The van der Waals surface area contributed by atoms with Crippen LogP contribution in [0.3, 0.4) is 0 Å². The predicted octanol–water partition coefficient (Wildman–Crippen LogP) is 3.33. The molecule has 23 heavy (non-hydrogen) atoms. The highest BCUT2D eigenvalue weighted by molar-refractivity contribution is 6.30. The van der Waals surface area contributed by atoms with Crippen LogP contribution >= 0.6 is 11.6 Å². The first kappa shape index (κ1) is 15.5. The smallest absolute Gasteiger partial charge is 0.256 e. The third-order valence-electron chi connectivity index (χ3n) is 3.43. The summed E-state index contributed by atoms with van der Waals surface area (Å²) < 4.78 is 19.2. The largest absolute Gasteiger partial charge is 0.489 e. The van der Waals surface area contributed by atoms with Crippen molar-refractivity contribution in [2.75, 3.05) is 13.2 Å². The number of fused-ring (bicyclic) bond motifs is 1. The van der Waals surface area contributed by atoms with Crippen LogP contribution in [-0.4, -0.2) is 18.1 Å². The fraction of sp³-hybridized carbons (Fsp3) is 0.118. The minimum atomic E-state index is -0.480. The zero-order valence-corrected chi connectivity index (χ0v) is 12.9. The van der Waals surface area contributed by atoms with Crippen LogP contribution in [0, 0.1) is 5.82 Å². The van der Waals surface area contributed by atoms with Gasteiger partial charge in [-0.2, -0.15) is 0 Å². The molecule has 118 valence electrons. The van der Waals surface area contributed by atoms with Gasteiger partial charge in [0.25, 0.3) is 5.56 Å². The number of hydrogen-bond donors (Lipinski definition) is 2. The molecule has 6 heteroatoms. The van der Waals surface area contributed by atoms with Crippen LogP contribution in [0.1, 0.15) is 0 Å². The number of H-pyrrole nitrogens is 1. The Hall–Kier alpha value is -2.37. The van der Waals surface area contributed by atoms with Crippen molar-refractivity contribution in [1.29, 1.82) is 0 Å². The van der Waals surface area contributed by atoms with Gasteiger partial charge >= 0.3 is 0 Å². The van der Waals surface area contributed by atoms with E-state index in [-0.39, 0.29) is 17.6 Å². The first-order valence-corrected chi connectivity index (χ1v) is 7.42. The van der Waals surface area contributed by atoms with E-state index in [1.165, 1.54) is 18.2 Å². The average Bonchev–Trinajstić information content (AvgIpc) is 2.55. The topological polar surface area (TPSA) is 68.1 Å². The summed E-state index contributed by atoms with van der Waals surface area (Å²) in [6.45, 7) is 0.598. The highest BCUT2D eigenvalue weighted by atomic mass is 35.5. The van der Waals surface area contributed by atoms with Gasteiger partial charge in [0.2, 0.25) is 0 Å². The maximum absolute atomic E-state index is 13.4. The van der Waals surface area contributed by atoms with Crippen LogP contribution in [-0.2, 0) is 0 Å². The lowest BCUT2D eigenvalue weighted by molar-refractivity contribution is 0.332. The van der Waals surface area contributed by atoms with Crippen LogP contribution in [0.5, 0.6) is 5.75 Å². The molecule has 3 N–H and O–H groups in total. The molecule has 4 nitrogen and oxygen atoms in total. The van der Waals surface area contributed by atoms with Crippen molar-refractivity contribution in [3.63, 3.8) is 0 Å². The number of halogens is 2. The van der Waals surface area contributed by atoms with Crippen molar-refractivity contribution in [3.8, 4) is 17.0 Å². The standard InChI is InChI=1S/C17H14ClFN2O2/c18-11-3-1-10(2-4-11)15-16(23-8-7-20)13-6-5-12(19)9-14(13)17(22)21-15/h1-6,9H,7-8,20H2,(H,21,22). The van der Waals surface area contributed by atoms with Crippen molar-refractivity contribution in [1.82, 2.24) is 4.98 Å². The fourth-order valence-electron chi connectivity index (χ4n) is 2.41. The molecule has 3 aromatic rings. The zero-order chi connectivity index (χ0) is 16.4. The normalized spacial score (nSPS) is 10.9. The van der Waals surface area contributed by atoms with Crippen LogP contribution in [0.4, 0.5) is 4.39 Å². The van der Waals surface area contributed by atoms with E-state index in [1.54, 1.807) is 24.3 Å². The molecule has 0 saturated heterocycles. The number of pyridine rings is 1. The van der Waals surface area contributed by atoms with Crippen molar-refractivity contribution in [3.05, 3.63) is 63.7 Å². The number of ether oxygens (including phenoxy) is 1. The van der Waals surface area contributed by atoms with Gasteiger partial charge in [-0.25, -0.2) is 4.39 Å². The maximum Gasteiger partial charge on any atom is 0.256 e. The predicted molar refractivity (Wildman–Crippen MR) is 89.5 cm³/mol. The second-order valence-corrected chi connectivity index (χ2v) is 5.43. The molecule has 0 amide bonds. The van der Waals surface area contributed by atoms with Gasteiger partial charge in [-0.15, -0.1) is 0 Å². The monoisotopic (exact) mass is 332 g/mol. The van der Waals surface area contributed by atoms with Gasteiger partial charge in [0.15, 0.2) is 5.75 Å². The second kappa shape index (κ2) is 6.40. The van der Waals surface area contributed by atoms with Gasteiger partial charge < -0.3 is 15.5 Å². The lowest BCUT2D eigenvalue weighted by Crippen LogP contribution is -2.15. The Morgan fingerprint density at radius 2 is 1.87 bits per heavy atom. The minimum Gasteiger partial charge on any atom is -0.489 e. The van der Waals surface area contributed by atoms with E-state index in [0.717, 1.165) is 5.56 Å². The summed E-state index contributed by atoms with van der Waals surface area (Å²) in [5, 5.41) is 1.35. The highest BCUT2D eigenvalue weighted by Gasteiger charge is 2.15. The van der Waals surface area contributed by atoms with E-state index in [2.05, 4.69) is 4.98 Å². The number of benzene rings is 2. The van der Waals surface area contributed by atoms with E-state index in [4.69, 9.17) is 22.1 Å². The molecule has 2 aromatic carbocycles. The van der Waals surface area contributed by atoms with Crippen LogP contribution < -0.4 is 16.0 Å². The molecule has 0 aliphatic rings. The third kappa shape index (κ3) is 3.06. The Labute approximate surface area is 136 Å². The Kier molecular flexibility index (Phi) is 4.32. The van der Waals surface area contributed by atoms with Gasteiger partial charge in [0.05, 0.1) is 11.1 Å². The molecule has 0 radical (unpaired) electrons. The van der Waals surface area contributed by atoms with Crippen molar-refractivity contribution < 1.29 is 9.13 Å². The molecule has 0 bridgehead atoms. The lowest BCUT2D eigenvalue weighted by atomic mass is 10.1. The number of rotatable bonds is 4. The van der Waals surface area contributed by atoms with Gasteiger partial charge in [0.1, 0.15) is 12.4 Å². The summed E-state index contributed by atoms with van der Waals surface area (Å²) in [7, 11) is 0. The third-order valence-corrected chi connectivity index (χ3v) is 3.69. The summed E-state index contributed by atoms with van der Waals surface area (Å²) in [5.74, 6) is -0.0145. The number of aromatic amines is 1. The summed E-state index contributed by atoms with van der Waals surface area (Å²) in [6.07, 6.45) is 0. The van der Waals surface area contributed by atoms with Crippen molar-refractivity contribution in [2.24, 2.45) is 5.73 Å². The molecule has 0 unspecified atom stereocenters. The Morgan fingerprint density at radius 1 is 1.13 bits per heavy atom. The van der Waals surface area contributed by atoms with E-state index in [9.17, 15) is 9.18 Å². The number of aromatic nitrogens is 1. The Morgan fingerprint density at radius 3 is 2.57 bits per heavy atom. The first-order chi connectivity index (χ1) is 11.1. The fourth-order valence-corrected chi connectivity index (χ4v) is 2.53. The second-order valence-electron chi connectivity index (χ2n) is 4.99. The minimum absolute atomic E-state index is 0.231. The molecule has 0 aliphatic carbocycles. The molecule has 0 spiro atoms. The molecule has 0 fully saturated rings. The first-order valence-electron chi connectivity index (χ1n) is 7.04. The molecule has 1 aromatic heterocycles. The quantitative estimate of drug-likeness (QED) is 0.770. The van der Waals surface area contributed by atoms with Gasteiger partial charge in [-0.05, 0) is 30.3 Å². The number of hydrogen-bond acceptors (Lipinski definition) is 3. The zero-order valence-electron chi connectivity index (χ0n) is 12.1. The Balaban J connectivity index is 2.29. The number of nitrogens with two attached hydrogens (primary N) is 1. The van der Waals surface area contributed by atoms with Crippen LogP contribution in [0.2, 0.25) is 5.02 Å². The SMILES string of the molecule is NCCOc1c(-c2ccc(Cl)cc2)[nH]c(=O)c2cc(F)ccc12. The van der Waals surface area contributed by atoms with Crippen molar-refractivity contribution >= 4 is 22.4 Å². The van der Waals surface area contributed by atoms with E-state index in [1.807, 2.05) is 0 Å². The maximum atomic E-state index is 13.4. The summed E-state index contributed by atoms with van der Waals surface area (Å²) in [5.41, 5.74) is 6.38. The van der Waals surface area contributed by atoms with Gasteiger partial charge in [-0.3, -0.25) is 4.79 Å². The molecule has 0 aliphatic heterocycles. The van der Waals surface area contributed by atoms with Gasteiger partial charge in [0, 0.05) is 22.5 Å². The molecule has 0 atom stereocenters. The molecule has 3 rings (SSSR count). The van der Waals surface area contributed by atoms with Crippen LogP contribution in [0.15, 0.2) is 47.3 Å². The molecule has 0 saturated carbocycles.